The Morgan fingerprint density at radius 1 is 1.24 bits per heavy atom. The van der Waals surface area contributed by atoms with Crippen LogP contribution in [-0.2, 0) is 4.79 Å². The Bertz CT molecular complexity index is 661. The summed E-state index contributed by atoms with van der Waals surface area (Å²) in [6, 6.07) is 18.2. The first-order valence-electron chi connectivity index (χ1n) is 6.69. The largest absolute Gasteiger partial charge is 0.324 e. The third-order valence-corrected chi connectivity index (χ3v) is 3.36. The first-order chi connectivity index (χ1) is 10.1. The van der Waals surface area contributed by atoms with Crippen molar-refractivity contribution in [3.63, 3.8) is 0 Å². The Balaban J connectivity index is 2.07. The number of carbonyl (C=O) groups is 1. The second-order valence-corrected chi connectivity index (χ2v) is 4.84. The topological polar surface area (TPSA) is 70.1 Å². The van der Waals surface area contributed by atoms with Gasteiger partial charge in [-0.1, -0.05) is 36.4 Å². The van der Waals surface area contributed by atoms with Gasteiger partial charge < -0.3 is 10.6 Å². The lowest BCUT2D eigenvalue weighted by Crippen LogP contribution is -2.29. The molecule has 1 amide bonds. The fourth-order valence-corrected chi connectivity index (χ4v) is 2.07. The van der Waals surface area contributed by atoms with Gasteiger partial charge in [0.2, 0.25) is 5.91 Å². The number of nitrogens with two attached hydrogens (primary N) is 1. The van der Waals surface area contributed by atoms with Crippen molar-refractivity contribution in [2.75, 3.05) is 11.9 Å². The van der Waals surface area contributed by atoms with E-state index < -0.39 is 0 Å². The van der Waals surface area contributed by atoms with Gasteiger partial charge in [-0.3, -0.25) is 4.79 Å². The van der Waals surface area contributed by atoms with Gasteiger partial charge in [-0.25, -0.2) is 0 Å². The summed E-state index contributed by atoms with van der Waals surface area (Å²) in [7, 11) is 1.69. The standard InChI is InChI=1S/C17H17N3O/c1-20(15-9-5-6-13(10-15)12-18)17(21)11-16(19)14-7-3-2-4-8-14/h2-10,16H,11,19H2,1H3. The lowest BCUT2D eigenvalue weighted by molar-refractivity contribution is -0.118. The number of nitriles is 1. The SMILES string of the molecule is CN(C(=O)CC(N)c1ccccc1)c1cccc(C#N)c1. The predicted molar refractivity (Wildman–Crippen MR) is 82.6 cm³/mol. The van der Waals surface area contributed by atoms with Crippen molar-refractivity contribution in [1.82, 2.24) is 0 Å². The summed E-state index contributed by atoms with van der Waals surface area (Å²) >= 11 is 0. The maximum absolute atomic E-state index is 12.3. The molecule has 2 aromatic carbocycles. The number of anilines is 1. The molecule has 0 fully saturated rings. The minimum atomic E-state index is -0.333. The Hall–Kier alpha value is -2.64. The Labute approximate surface area is 124 Å². The Morgan fingerprint density at radius 2 is 1.95 bits per heavy atom. The molecule has 0 saturated heterocycles. The summed E-state index contributed by atoms with van der Waals surface area (Å²) in [5.74, 6) is -0.0820. The van der Waals surface area contributed by atoms with Crippen LogP contribution in [0.2, 0.25) is 0 Å². The van der Waals surface area contributed by atoms with E-state index >= 15 is 0 Å². The summed E-state index contributed by atoms with van der Waals surface area (Å²) in [5.41, 5.74) is 8.22. The van der Waals surface area contributed by atoms with E-state index in [4.69, 9.17) is 11.0 Å². The van der Waals surface area contributed by atoms with Crippen molar-refractivity contribution in [2.45, 2.75) is 12.5 Å². The van der Waals surface area contributed by atoms with Crippen LogP contribution in [0.15, 0.2) is 54.6 Å². The second-order valence-electron chi connectivity index (χ2n) is 4.84. The summed E-state index contributed by atoms with van der Waals surface area (Å²) in [6.07, 6.45) is 0.220. The van der Waals surface area contributed by atoms with Gasteiger partial charge in [-0.05, 0) is 23.8 Å². The molecule has 21 heavy (non-hydrogen) atoms. The van der Waals surface area contributed by atoms with Crippen LogP contribution in [0.5, 0.6) is 0 Å². The molecule has 4 nitrogen and oxygen atoms in total. The van der Waals surface area contributed by atoms with Gasteiger partial charge in [0.1, 0.15) is 0 Å². The van der Waals surface area contributed by atoms with Gasteiger partial charge in [-0.2, -0.15) is 5.26 Å². The van der Waals surface area contributed by atoms with Crippen molar-refractivity contribution in [1.29, 1.82) is 5.26 Å². The summed E-state index contributed by atoms with van der Waals surface area (Å²) < 4.78 is 0. The highest BCUT2D eigenvalue weighted by Crippen LogP contribution is 2.19. The van der Waals surface area contributed by atoms with Crippen molar-refractivity contribution in [3.8, 4) is 6.07 Å². The number of carbonyl (C=O) groups excluding carboxylic acids is 1. The molecule has 4 heteroatoms. The number of hydrogen-bond donors (Lipinski definition) is 1. The van der Waals surface area contributed by atoms with Gasteiger partial charge in [-0.15, -0.1) is 0 Å². The first kappa shape index (κ1) is 14.8. The zero-order valence-corrected chi connectivity index (χ0v) is 11.9. The van der Waals surface area contributed by atoms with Crippen LogP contribution in [-0.4, -0.2) is 13.0 Å². The molecule has 0 aromatic heterocycles. The van der Waals surface area contributed by atoms with Crippen molar-refractivity contribution in [2.24, 2.45) is 5.73 Å². The maximum Gasteiger partial charge on any atom is 0.228 e. The van der Waals surface area contributed by atoms with Gasteiger partial charge in [0, 0.05) is 25.2 Å². The van der Waals surface area contributed by atoms with Crippen LogP contribution >= 0.6 is 0 Å². The number of benzene rings is 2. The molecule has 0 radical (unpaired) electrons. The second kappa shape index (κ2) is 6.69. The number of rotatable bonds is 4. The van der Waals surface area contributed by atoms with Gasteiger partial charge in [0.15, 0.2) is 0 Å². The summed E-state index contributed by atoms with van der Waals surface area (Å²) in [5, 5.41) is 8.90. The molecule has 0 aliphatic heterocycles. The highest BCUT2D eigenvalue weighted by molar-refractivity contribution is 5.93. The average Bonchev–Trinajstić information content (AvgIpc) is 2.54. The molecule has 2 aromatic rings. The summed E-state index contributed by atoms with van der Waals surface area (Å²) in [6.45, 7) is 0. The number of hydrogen-bond acceptors (Lipinski definition) is 3. The molecule has 0 bridgehead atoms. The molecule has 106 valence electrons. The van der Waals surface area contributed by atoms with E-state index in [1.807, 2.05) is 30.3 Å². The highest BCUT2D eigenvalue weighted by Gasteiger charge is 2.16. The Kier molecular flexibility index (Phi) is 4.70. The van der Waals surface area contributed by atoms with Gasteiger partial charge in [0.05, 0.1) is 11.6 Å². The molecule has 0 aliphatic carbocycles. The van der Waals surface area contributed by atoms with Crippen LogP contribution in [0.25, 0.3) is 0 Å². The predicted octanol–water partition coefficient (Wildman–Crippen LogP) is 2.61. The molecule has 0 saturated carbocycles. The van der Waals surface area contributed by atoms with E-state index in [1.165, 1.54) is 4.90 Å². The normalized spacial score (nSPS) is 11.5. The van der Waals surface area contributed by atoms with E-state index in [0.29, 0.717) is 11.3 Å². The van der Waals surface area contributed by atoms with Crippen LogP contribution < -0.4 is 10.6 Å². The zero-order valence-electron chi connectivity index (χ0n) is 11.9. The third kappa shape index (κ3) is 3.68. The fourth-order valence-electron chi connectivity index (χ4n) is 2.07. The Morgan fingerprint density at radius 3 is 2.62 bits per heavy atom. The average molecular weight is 279 g/mol. The van der Waals surface area contributed by atoms with Crippen LogP contribution in [0.1, 0.15) is 23.6 Å². The van der Waals surface area contributed by atoms with E-state index in [2.05, 4.69) is 6.07 Å². The molecule has 2 N–H and O–H groups in total. The summed E-state index contributed by atoms with van der Waals surface area (Å²) in [4.78, 5) is 13.8. The van der Waals surface area contributed by atoms with Crippen LogP contribution in [0, 0.1) is 11.3 Å². The monoisotopic (exact) mass is 279 g/mol. The lowest BCUT2D eigenvalue weighted by atomic mass is 10.0. The van der Waals surface area contributed by atoms with E-state index in [0.717, 1.165) is 5.56 Å². The molecule has 1 unspecified atom stereocenters. The van der Waals surface area contributed by atoms with E-state index in [1.54, 1.807) is 31.3 Å². The molecule has 2 rings (SSSR count). The molecule has 1 atom stereocenters. The number of nitrogens with zero attached hydrogens (tertiary/aromatic N) is 2. The quantitative estimate of drug-likeness (QED) is 0.935. The fraction of sp³-hybridized carbons (Fsp3) is 0.176. The van der Waals surface area contributed by atoms with Crippen molar-refractivity contribution >= 4 is 11.6 Å². The minimum absolute atomic E-state index is 0.0820. The molecular weight excluding hydrogens is 262 g/mol. The van der Waals surface area contributed by atoms with Crippen LogP contribution in [0.4, 0.5) is 5.69 Å². The van der Waals surface area contributed by atoms with E-state index in [-0.39, 0.29) is 18.4 Å². The number of amides is 1. The smallest absolute Gasteiger partial charge is 0.228 e. The molecule has 0 spiro atoms. The third-order valence-electron chi connectivity index (χ3n) is 3.36. The van der Waals surface area contributed by atoms with Crippen molar-refractivity contribution in [3.05, 3.63) is 65.7 Å². The lowest BCUT2D eigenvalue weighted by Gasteiger charge is -2.20. The van der Waals surface area contributed by atoms with Gasteiger partial charge >= 0.3 is 0 Å². The first-order valence-corrected chi connectivity index (χ1v) is 6.69. The molecule has 0 heterocycles. The van der Waals surface area contributed by atoms with Crippen LogP contribution in [0.3, 0.4) is 0 Å². The van der Waals surface area contributed by atoms with E-state index in [9.17, 15) is 4.79 Å². The van der Waals surface area contributed by atoms with Gasteiger partial charge in [0.25, 0.3) is 0 Å². The van der Waals surface area contributed by atoms with Crippen molar-refractivity contribution < 1.29 is 4.79 Å². The highest BCUT2D eigenvalue weighted by atomic mass is 16.2. The molecule has 0 aliphatic rings. The zero-order chi connectivity index (χ0) is 15.2. The maximum atomic E-state index is 12.3. The molecular formula is C17H17N3O. The minimum Gasteiger partial charge on any atom is -0.324 e.